The average molecular weight is 610 g/mol. The van der Waals surface area contributed by atoms with Crippen LogP contribution in [0.3, 0.4) is 0 Å². The molecule has 0 bridgehead atoms. The van der Waals surface area contributed by atoms with E-state index in [0.717, 1.165) is 47.7 Å². The highest BCUT2D eigenvalue weighted by molar-refractivity contribution is 5.70. The number of fused-ring (bicyclic) bond motifs is 7. The third-order valence-electron chi connectivity index (χ3n) is 13.1. The van der Waals surface area contributed by atoms with Gasteiger partial charge in [-0.25, -0.2) is 4.79 Å². The number of nitrogens with one attached hydrogen (secondary N) is 1. The van der Waals surface area contributed by atoms with Crippen LogP contribution in [0.25, 0.3) is 23.2 Å². The largest absolute Gasteiger partial charge is 0.497 e. The Kier molecular flexibility index (Phi) is 8.06. The van der Waals surface area contributed by atoms with E-state index < -0.39 is 5.69 Å². The van der Waals surface area contributed by atoms with E-state index >= 15 is 0 Å². The molecule has 6 nitrogen and oxygen atoms in total. The highest BCUT2D eigenvalue weighted by Crippen LogP contribution is 2.67. The zero-order valence-electron chi connectivity index (χ0n) is 27.8. The van der Waals surface area contributed by atoms with Gasteiger partial charge in [0.05, 0.1) is 18.4 Å². The first-order chi connectivity index (χ1) is 21.8. The van der Waals surface area contributed by atoms with Gasteiger partial charge in [0.1, 0.15) is 5.75 Å². The van der Waals surface area contributed by atoms with Gasteiger partial charge in [-0.3, -0.25) is 14.3 Å². The van der Waals surface area contributed by atoms with Crippen molar-refractivity contribution >= 4 is 6.08 Å². The van der Waals surface area contributed by atoms with Crippen LogP contribution in [0.15, 0.2) is 45.5 Å². The SMILES string of the molecule is CCCCCCCC[C@H]1CC[C@H]2[C@@H]3CCC4=Cc5c(cc6c(=O)[nH]c(=O)nc-6n5-c5ccc(OC)cc5)C[C@]4(C)[C@H]3CC[C@]12C. The van der Waals surface area contributed by atoms with Crippen LogP contribution in [0.1, 0.15) is 115 Å². The normalized spacial score (nSPS) is 30.3. The summed E-state index contributed by atoms with van der Waals surface area (Å²) < 4.78 is 7.45. The van der Waals surface area contributed by atoms with E-state index in [4.69, 9.17) is 4.74 Å². The maximum Gasteiger partial charge on any atom is 0.349 e. The molecule has 0 spiro atoms. The molecule has 4 aliphatic carbocycles. The summed E-state index contributed by atoms with van der Waals surface area (Å²) >= 11 is 0. The minimum atomic E-state index is -0.611. The van der Waals surface area contributed by atoms with Crippen molar-refractivity contribution in [3.8, 4) is 22.8 Å². The molecule has 3 fully saturated rings. The van der Waals surface area contributed by atoms with Crippen LogP contribution in [0.4, 0.5) is 0 Å². The molecule has 0 amide bonds. The second-order valence-corrected chi connectivity index (χ2v) is 15.3. The van der Waals surface area contributed by atoms with Gasteiger partial charge in [0.25, 0.3) is 5.56 Å². The first-order valence-electron chi connectivity index (χ1n) is 17.8. The fourth-order valence-electron chi connectivity index (χ4n) is 10.7. The van der Waals surface area contributed by atoms with Gasteiger partial charge < -0.3 is 4.74 Å². The monoisotopic (exact) mass is 609 g/mol. The van der Waals surface area contributed by atoms with Crippen molar-refractivity contribution in [2.24, 2.45) is 34.5 Å². The summed E-state index contributed by atoms with van der Waals surface area (Å²) in [5, 5.41) is 0. The predicted molar refractivity (Wildman–Crippen MR) is 181 cm³/mol. The molecule has 6 aliphatic rings. The van der Waals surface area contributed by atoms with E-state index in [1.807, 2.05) is 34.9 Å². The number of allylic oxidation sites excluding steroid dienone is 1. The molecule has 240 valence electrons. The summed E-state index contributed by atoms with van der Waals surface area (Å²) in [7, 11) is 1.66. The number of nitrogens with zero attached hydrogens (tertiary/aromatic N) is 2. The minimum Gasteiger partial charge on any atom is -0.497 e. The van der Waals surface area contributed by atoms with Gasteiger partial charge in [-0.1, -0.05) is 64.9 Å². The van der Waals surface area contributed by atoms with Gasteiger partial charge in [0.15, 0.2) is 5.82 Å². The van der Waals surface area contributed by atoms with E-state index in [9.17, 15) is 9.59 Å². The van der Waals surface area contributed by atoms with Crippen molar-refractivity contribution in [2.75, 3.05) is 7.11 Å². The Morgan fingerprint density at radius 2 is 1.76 bits per heavy atom. The number of ether oxygens (including phenoxy) is 1. The van der Waals surface area contributed by atoms with Crippen molar-refractivity contribution in [1.29, 1.82) is 0 Å². The molecular weight excluding hydrogens is 558 g/mol. The molecule has 1 aromatic rings. The number of rotatable bonds is 9. The molecule has 3 saturated carbocycles. The fraction of sp³-hybridized carbons (Fsp3) is 0.615. The molecule has 2 aliphatic heterocycles. The van der Waals surface area contributed by atoms with Crippen LogP contribution in [0, 0.1) is 34.5 Å². The van der Waals surface area contributed by atoms with E-state index in [-0.39, 0.29) is 11.0 Å². The number of aromatic amines is 1. The highest BCUT2D eigenvalue weighted by atomic mass is 16.5. The molecule has 2 heterocycles. The molecule has 0 saturated heterocycles. The lowest BCUT2D eigenvalue weighted by molar-refractivity contribution is -0.0478. The van der Waals surface area contributed by atoms with Crippen molar-refractivity contribution in [3.63, 3.8) is 0 Å². The smallest absolute Gasteiger partial charge is 0.349 e. The standard InChI is InChI=1S/C39H51N3O3/c1-5-6-7-8-9-10-11-26-13-19-32-30-18-12-27-23-34-25(24-39(27,3)33(30)20-21-38(26,32)2)22-31-35(40-37(44)41-36(31)43)42(34)28-14-16-29(45-4)17-15-28/h14-17,22-23,26,30,32-33H,5-13,18-21,24H2,1-4H3,(H,41,43,44)/t26-,30-,32-,33-,38+,39-/m0/s1. The second kappa shape index (κ2) is 11.9. The molecule has 0 radical (unpaired) electrons. The molecule has 45 heavy (non-hydrogen) atoms. The Hall–Kier alpha value is -3.15. The lowest BCUT2D eigenvalue weighted by Crippen LogP contribution is -2.51. The Morgan fingerprint density at radius 1 is 0.978 bits per heavy atom. The summed E-state index contributed by atoms with van der Waals surface area (Å²) in [6.07, 6.45) is 21.0. The summed E-state index contributed by atoms with van der Waals surface area (Å²) in [6.45, 7) is 7.49. The Bertz CT molecular complexity index is 1670. The maximum atomic E-state index is 13.1. The Morgan fingerprint density at radius 3 is 2.53 bits per heavy atom. The minimum absolute atomic E-state index is 0.0820. The zero-order valence-corrected chi connectivity index (χ0v) is 27.8. The van der Waals surface area contributed by atoms with Crippen LogP contribution in [-0.4, -0.2) is 21.6 Å². The van der Waals surface area contributed by atoms with Gasteiger partial charge in [-0.2, -0.15) is 4.98 Å². The van der Waals surface area contributed by atoms with Crippen LogP contribution < -0.4 is 16.0 Å². The van der Waals surface area contributed by atoms with Crippen LogP contribution in [0.5, 0.6) is 5.75 Å². The summed E-state index contributed by atoms with van der Waals surface area (Å²) in [6, 6.07) is 9.84. The predicted octanol–water partition coefficient (Wildman–Crippen LogP) is 8.58. The number of aromatic nitrogens is 3. The number of benzene rings is 1. The molecular formula is C39H51N3O3. The molecule has 1 aromatic carbocycles. The van der Waals surface area contributed by atoms with E-state index in [1.165, 1.54) is 88.2 Å². The molecule has 7 rings (SSSR count). The summed E-state index contributed by atoms with van der Waals surface area (Å²) in [4.78, 5) is 32.3. The van der Waals surface area contributed by atoms with Crippen LogP contribution in [-0.2, 0) is 6.42 Å². The van der Waals surface area contributed by atoms with Gasteiger partial charge in [-0.15, -0.1) is 0 Å². The third kappa shape index (κ3) is 5.11. The number of hydrogen-bond acceptors (Lipinski definition) is 4. The zero-order chi connectivity index (χ0) is 31.3. The number of unbranched alkanes of at least 4 members (excludes halogenated alkanes) is 5. The molecule has 0 unspecified atom stereocenters. The Balaban J connectivity index is 1.21. The Labute approximate surface area is 268 Å². The van der Waals surface area contributed by atoms with Crippen LogP contribution >= 0.6 is 0 Å². The van der Waals surface area contributed by atoms with E-state index in [1.54, 1.807) is 7.11 Å². The van der Waals surface area contributed by atoms with Gasteiger partial charge in [-0.05, 0) is 128 Å². The molecule has 0 aromatic heterocycles. The highest BCUT2D eigenvalue weighted by Gasteiger charge is 2.58. The third-order valence-corrected chi connectivity index (χ3v) is 13.1. The van der Waals surface area contributed by atoms with Crippen molar-refractivity contribution < 1.29 is 4.74 Å². The first kappa shape index (κ1) is 30.5. The van der Waals surface area contributed by atoms with Gasteiger partial charge in [0.2, 0.25) is 0 Å². The van der Waals surface area contributed by atoms with Crippen molar-refractivity contribution in [3.05, 3.63) is 68.0 Å². The lowest BCUT2D eigenvalue weighted by Gasteiger charge is -2.58. The molecule has 1 N–H and O–H groups in total. The van der Waals surface area contributed by atoms with Crippen LogP contribution in [0.2, 0.25) is 0 Å². The van der Waals surface area contributed by atoms with E-state index in [0.29, 0.717) is 22.7 Å². The average Bonchev–Trinajstić information content (AvgIpc) is 3.37. The lowest BCUT2D eigenvalue weighted by atomic mass is 9.46. The first-order valence-corrected chi connectivity index (χ1v) is 17.8. The molecule has 6 atom stereocenters. The van der Waals surface area contributed by atoms with Gasteiger partial charge in [0, 0.05) is 5.69 Å². The number of pyridine rings is 1. The van der Waals surface area contributed by atoms with Crippen molar-refractivity contribution in [1.82, 2.24) is 14.5 Å². The number of H-pyrrole nitrogens is 1. The van der Waals surface area contributed by atoms with Crippen molar-refractivity contribution in [2.45, 2.75) is 111 Å². The summed E-state index contributed by atoms with van der Waals surface area (Å²) in [5.41, 5.74) is 4.72. The second-order valence-electron chi connectivity index (χ2n) is 15.3. The quantitative estimate of drug-likeness (QED) is 0.247. The number of hydrogen-bond donors (Lipinski definition) is 1. The molecule has 6 heteroatoms. The topological polar surface area (TPSA) is 77.0 Å². The number of methoxy groups -OCH3 is 1. The maximum absolute atomic E-state index is 13.1. The fourth-order valence-corrected chi connectivity index (χ4v) is 10.7. The van der Waals surface area contributed by atoms with Gasteiger partial charge >= 0.3 is 5.69 Å². The summed E-state index contributed by atoms with van der Waals surface area (Å²) in [5.74, 6) is 4.36. The van der Waals surface area contributed by atoms with E-state index in [2.05, 4.69) is 36.8 Å².